The molecule has 0 fully saturated rings. The maximum absolute atomic E-state index is 12.9. The maximum Gasteiger partial charge on any atom is 0.416 e. The van der Waals surface area contributed by atoms with Gasteiger partial charge in [0.15, 0.2) is 11.0 Å². The number of hydrogen-bond acceptors (Lipinski definition) is 6. The molecular formula is C15H8F6N4OS. The van der Waals surface area contributed by atoms with E-state index in [2.05, 4.69) is 20.1 Å². The highest BCUT2D eigenvalue weighted by molar-refractivity contribution is 7.98. The molecule has 12 heteroatoms. The zero-order valence-electron chi connectivity index (χ0n) is 13.0. The lowest BCUT2D eigenvalue weighted by Gasteiger charge is -2.12. The van der Waals surface area contributed by atoms with Crippen molar-refractivity contribution in [2.75, 3.05) is 0 Å². The van der Waals surface area contributed by atoms with Gasteiger partial charge in [-0.1, -0.05) is 16.9 Å². The first-order valence-corrected chi connectivity index (χ1v) is 8.14. The summed E-state index contributed by atoms with van der Waals surface area (Å²) in [5, 5.41) is 3.97. The normalized spacial score (nSPS) is 12.4. The van der Waals surface area contributed by atoms with Gasteiger partial charge in [0.1, 0.15) is 0 Å². The van der Waals surface area contributed by atoms with Gasteiger partial charge in [-0.05, 0) is 24.3 Å². The molecule has 0 bridgehead atoms. The van der Waals surface area contributed by atoms with Crippen molar-refractivity contribution in [2.45, 2.75) is 23.3 Å². The van der Waals surface area contributed by atoms with E-state index in [0.29, 0.717) is 17.3 Å². The summed E-state index contributed by atoms with van der Waals surface area (Å²) in [6.45, 7) is 0. The number of alkyl halides is 6. The van der Waals surface area contributed by atoms with E-state index in [-0.39, 0.29) is 17.6 Å². The van der Waals surface area contributed by atoms with Crippen molar-refractivity contribution >= 4 is 11.8 Å². The van der Waals surface area contributed by atoms with Gasteiger partial charge in [-0.25, -0.2) is 9.97 Å². The molecule has 0 aliphatic heterocycles. The summed E-state index contributed by atoms with van der Waals surface area (Å²) in [4.78, 5) is 11.8. The molecule has 0 radical (unpaired) electrons. The Hall–Kier alpha value is -2.63. The van der Waals surface area contributed by atoms with Gasteiger partial charge in [0.05, 0.1) is 16.9 Å². The minimum Gasteiger partial charge on any atom is -0.334 e. The van der Waals surface area contributed by atoms with Crippen LogP contribution in [0.2, 0.25) is 0 Å². The molecule has 27 heavy (non-hydrogen) atoms. The van der Waals surface area contributed by atoms with Crippen molar-refractivity contribution in [3.05, 3.63) is 53.6 Å². The van der Waals surface area contributed by atoms with Crippen LogP contribution in [0.3, 0.4) is 0 Å². The van der Waals surface area contributed by atoms with E-state index in [1.54, 1.807) is 6.07 Å². The Morgan fingerprint density at radius 2 is 1.48 bits per heavy atom. The number of halogens is 6. The van der Waals surface area contributed by atoms with E-state index >= 15 is 0 Å². The first-order valence-electron chi connectivity index (χ1n) is 7.15. The Labute approximate surface area is 151 Å². The first-order chi connectivity index (χ1) is 12.6. The number of rotatable bonds is 4. The maximum atomic E-state index is 12.9. The van der Waals surface area contributed by atoms with Gasteiger partial charge >= 0.3 is 12.4 Å². The standard InChI is InChI=1S/C15H8F6N4OS/c16-14(17,18)9-4-8(5-10(6-9)15(19,20)21)12-24-11(25-26-12)7-27-13-22-2-1-3-23-13/h1-6H,7H2. The zero-order valence-corrected chi connectivity index (χ0v) is 13.9. The molecule has 1 aromatic carbocycles. The van der Waals surface area contributed by atoms with Crippen molar-refractivity contribution in [2.24, 2.45) is 0 Å². The molecule has 0 saturated heterocycles. The van der Waals surface area contributed by atoms with Crippen LogP contribution in [0.4, 0.5) is 26.3 Å². The van der Waals surface area contributed by atoms with Crippen LogP contribution in [0.15, 0.2) is 46.3 Å². The molecule has 0 unspecified atom stereocenters. The minimum absolute atomic E-state index is 0.0311. The molecule has 3 aromatic rings. The molecular weight excluding hydrogens is 398 g/mol. The first kappa shape index (κ1) is 19.1. The fourth-order valence-corrected chi connectivity index (χ4v) is 2.64. The van der Waals surface area contributed by atoms with Crippen LogP contribution < -0.4 is 0 Å². The Balaban J connectivity index is 1.88. The number of nitrogens with zero attached hydrogens (tertiary/aromatic N) is 4. The summed E-state index contributed by atoms with van der Waals surface area (Å²) in [7, 11) is 0. The van der Waals surface area contributed by atoms with E-state index in [9.17, 15) is 26.3 Å². The monoisotopic (exact) mass is 406 g/mol. The number of hydrogen-bond donors (Lipinski definition) is 0. The lowest BCUT2D eigenvalue weighted by Crippen LogP contribution is -2.11. The molecule has 2 aromatic heterocycles. The van der Waals surface area contributed by atoms with Crippen molar-refractivity contribution in [3.8, 4) is 11.5 Å². The summed E-state index contributed by atoms with van der Waals surface area (Å²) in [6, 6.07) is 2.70. The van der Waals surface area contributed by atoms with Crippen LogP contribution in [0.5, 0.6) is 0 Å². The largest absolute Gasteiger partial charge is 0.416 e. The van der Waals surface area contributed by atoms with Gasteiger partial charge in [0.25, 0.3) is 5.89 Å². The molecule has 0 aliphatic carbocycles. The van der Waals surface area contributed by atoms with Crippen LogP contribution in [-0.2, 0) is 18.1 Å². The molecule has 0 atom stereocenters. The third kappa shape index (κ3) is 4.76. The highest BCUT2D eigenvalue weighted by Crippen LogP contribution is 2.38. The Bertz CT molecular complexity index is 894. The van der Waals surface area contributed by atoms with Crippen molar-refractivity contribution in [3.63, 3.8) is 0 Å². The molecule has 5 nitrogen and oxygen atoms in total. The van der Waals surface area contributed by atoms with Crippen molar-refractivity contribution in [1.82, 2.24) is 20.1 Å². The number of benzene rings is 1. The third-order valence-electron chi connectivity index (χ3n) is 3.18. The molecule has 0 saturated carbocycles. The van der Waals surface area contributed by atoms with E-state index in [1.807, 2.05) is 0 Å². The van der Waals surface area contributed by atoms with Crippen molar-refractivity contribution < 1.29 is 30.9 Å². The van der Waals surface area contributed by atoms with Crippen LogP contribution in [0.1, 0.15) is 17.0 Å². The van der Waals surface area contributed by atoms with Crippen LogP contribution in [0, 0.1) is 0 Å². The summed E-state index contributed by atoms with van der Waals surface area (Å²) in [5.41, 5.74) is -3.39. The Morgan fingerprint density at radius 1 is 0.889 bits per heavy atom. The average molecular weight is 406 g/mol. The summed E-state index contributed by atoms with van der Waals surface area (Å²) in [5.74, 6) is -0.247. The molecule has 142 valence electrons. The molecule has 0 amide bonds. The third-order valence-corrected chi connectivity index (χ3v) is 4.05. The fraction of sp³-hybridized carbons (Fsp3) is 0.200. The molecule has 0 spiro atoms. The van der Waals surface area contributed by atoms with Crippen LogP contribution in [0.25, 0.3) is 11.5 Å². The van der Waals surface area contributed by atoms with Gasteiger partial charge in [-0.3, -0.25) is 0 Å². The van der Waals surface area contributed by atoms with E-state index in [4.69, 9.17) is 4.52 Å². The predicted octanol–water partition coefficient (Wildman–Crippen LogP) is 4.86. The van der Waals surface area contributed by atoms with E-state index in [1.165, 1.54) is 12.4 Å². The highest BCUT2D eigenvalue weighted by Gasteiger charge is 2.37. The zero-order chi connectivity index (χ0) is 19.7. The Kier molecular flexibility index (Phi) is 5.09. The second kappa shape index (κ2) is 7.18. The summed E-state index contributed by atoms with van der Waals surface area (Å²) in [6.07, 6.45) is -6.89. The van der Waals surface area contributed by atoms with Gasteiger partial charge in [0.2, 0.25) is 0 Å². The second-order valence-electron chi connectivity index (χ2n) is 5.13. The smallest absolute Gasteiger partial charge is 0.334 e. The molecule has 3 rings (SSSR count). The minimum atomic E-state index is -4.96. The Morgan fingerprint density at radius 3 is 2.04 bits per heavy atom. The van der Waals surface area contributed by atoms with Gasteiger partial charge < -0.3 is 4.52 Å². The predicted molar refractivity (Wildman–Crippen MR) is 81.3 cm³/mol. The van der Waals surface area contributed by atoms with Gasteiger partial charge in [-0.15, -0.1) is 0 Å². The fourth-order valence-electron chi connectivity index (χ4n) is 2.00. The van der Waals surface area contributed by atoms with Crippen LogP contribution >= 0.6 is 11.8 Å². The summed E-state index contributed by atoms with van der Waals surface area (Å²) < 4.78 is 82.3. The molecule has 0 N–H and O–H groups in total. The quantitative estimate of drug-likeness (QED) is 0.350. The number of thioether (sulfide) groups is 1. The van der Waals surface area contributed by atoms with Gasteiger partial charge in [0, 0.05) is 18.0 Å². The highest BCUT2D eigenvalue weighted by atomic mass is 32.2. The number of aromatic nitrogens is 4. The topological polar surface area (TPSA) is 64.7 Å². The van der Waals surface area contributed by atoms with Crippen molar-refractivity contribution in [1.29, 1.82) is 0 Å². The van der Waals surface area contributed by atoms with Gasteiger partial charge in [-0.2, -0.15) is 31.3 Å². The van der Waals surface area contributed by atoms with E-state index < -0.39 is 34.9 Å². The SMILES string of the molecule is FC(F)(F)c1cc(-c2nc(CSc3ncccn3)no2)cc(C(F)(F)F)c1. The van der Waals surface area contributed by atoms with E-state index in [0.717, 1.165) is 11.8 Å². The molecule has 2 heterocycles. The summed E-state index contributed by atoms with van der Waals surface area (Å²) >= 11 is 1.13. The molecule has 0 aliphatic rings. The average Bonchev–Trinajstić information content (AvgIpc) is 3.08. The lowest BCUT2D eigenvalue weighted by molar-refractivity contribution is -0.143. The second-order valence-corrected chi connectivity index (χ2v) is 6.07. The van der Waals surface area contributed by atoms with Crippen LogP contribution in [-0.4, -0.2) is 20.1 Å². The lowest BCUT2D eigenvalue weighted by atomic mass is 10.0.